The van der Waals surface area contributed by atoms with Crippen molar-refractivity contribution in [1.29, 1.82) is 0 Å². The van der Waals surface area contributed by atoms with Crippen molar-refractivity contribution in [3.05, 3.63) is 47.1 Å². The lowest BCUT2D eigenvalue weighted by atomic mass is 9.88. The zero-order valence-electron chi connectivity index (χ0n) is 19.3. The van der Waals surface area contributed by atoms with Crippen molar-refractivity contribution < 1.29 is 19.0 Å². The summed E-state index contributed by atoms with van der Waals surface area (Å²) in [5, 5.41) is 3.32. The molecular weight excluding hydrogens is 440 g/mol. The van der Waals surface area contributed by atoms with E-state index >= 15 is 0 Å². The third-order valence-corrected chi connectivity index (χ3v) is 6.99. The van der Waals surface area contributed by atoms with Crippen LogP contribution < -0.4 is 19.5 Å². The van der Waals surface area contributed by atoms with Crippen LogP contribution in [0.5, 0.6) is 17.5 Å². The van der Waals surface area contributed by atoms with Gasteiger partial charge in [0.05, 0.1) is 24.8 Å². The number of hydrogen-bond acceptors (Lipinski definition) is 8. The lowest BCUT2D eigenvalue weighted by molar-refractivity contribution is 0.0582. The lowest BCUT2D eigenvalue weighted by Crippen LogP contribution is -2.33. The first-order valence-electron chi connectivity index (χ1n) is 10.6. The van der Waals surface area contributed by atoms with Crippen LogP contribution in [0.15, 0.2) is 31.1 Å². The van der Waals surface area contributed by atoms with Crippen LogP contribution in [0, 0.1) is 0 Å². The first-order chi connectivity index (χ1) is 15.9. The molecule has 0 atom stereocenters. The minimum Gasteiger partial charge on any atom is -0.481 e. The number of fused-ring (bicyclic) bond motifs is 3. The average molecular weight is 467 g/mol. The molecule has 3 heterocycles. The highest BCUT2D eigenvalue weighted by molar-refractivity contribution is 7.16. The Labute approximate surface area is 196 Å². The molecule has 0 spiro atoms. The molecule has 172 valence electrons. The van der Waals surface area contributed by atoms with Crippen LogP contribution in [0.3, 0.4) is 0 Å². The van der Waals surface area contributed by atoms with E-state index in [1.165, 1.54) is 31.9 Å². The van der Waals surface area contributed by atoms with Gasteiger partial charge in [0, 0.05) is 5.56 Å². The van der Waals surface area contributed by atoms with Gasteiger partial charge in [-0.05, 0) is 37.5 Å². The largest absolute Gasteiger partial charge is 0.481 e. The van der Waals surface area contributed by atoms with Gasteiger partial charge in [0.25, 0.3) is 5.91 Å². The monoisotopic (exact) mass is 466 g/mol. The summed E-state index contributed by atoms with van der Waals surface area (Å²) in [7, 11) is 2.87. The van der Waals surface area contributed by atoms with Gasteiger partial charge in [-0.1, -0.05) is 43.4 Å². The number of benzene rings is 1. The van der Waals surface area contributed by atoms with E-state index in [-0.39, 0.29) is 17.3 Å². The predicted octanol–water partition coefficient (Wildman–Crippen LogP) is 5.31. The number of anilines is 1. The zero-order valence-corrected chi connectivity index (χ0v) is 20.1. The van der Waals surface area contributed by atoms with Crippen molar-refractivity contribution in [1.82, 2.24) is 15.0 Å². The standard InChI is InChI=1S/C24H26N4O4S/c1-7-24(8-2)19-18(15-10-9-14(13(3)4)11-16(15)32-24)27-23(33-19)28-20(29)17-21(30-5)25-12-26-22(17)31-6/h9-12H,3,7-8H2,1-2,4-6H3,(H,27,28,29). The topological polar surface area (TPSA) is 95.5 Å². The van der Waals surface area contributed by atoms with Crippen molar-refractivity contribution in [2.45, 2.75) is 39.2 Å². The normalized spacial score (nSPS) is 13.4. The van der Waals surface area contributed by atoms with E-state index in [0.29, 0.717) is 5.13 Å². The second kappa shape index (κ2) is 8.82. The van der Waals surface area contributed by atoms with Crippen molar-refractivity contribution in [2.75, 3.05) is 19.5 Å². The molecule has 9 heteroatoms. The number of nitrogens with one attached hydrogen (secondary N) is 1. The van der Waals surface area contributed by atoms with Gasteiger partial charge in [-0.15, -0.1) is 0 Å². The van der Waals surface area contributed by atoms with Crippen LogP contribution in [0.4, 0.5) is 5.13 Å². The molecule has 0 radical (unpaired) electrons. The molecule has 8 nitrogen and oxygen atoms in total. The third-order valence-electron chi connectivity index (χ3n) is 5.83. The number of ether oxygens (including phenoxy) is 3. The Hall–Kier alpha value is -3.46. The van der Waals surface area contributed by atoms with E-state index in [9.17, 15) is 4.79 Å². The molecule has 0 fully saturated rings. The number of carbonyl (C=O) groups is 1. The molecule has 0 saturated heterocycles. The molecule has 33 heavy (non-hydrogen) atoms. The highest BCUT2D eigenvalue weighted by Crippen LogP contribution is 2.51. The number of methoxy groups -OCH3 is 2. The van der Waals surface area contributed by atoms with E-state index in [0.717, 1.165) is 45.9 Å². The van der Waals surface area contributed by atoms with Crippen LogP contribution in [0.25, 0.3) is 16.8 Å². The maximum absolute atomic E-state index is 13.1. The number of rotatable bonds is 7. The number of amides is 1. The third kappa shape index (κ3) is 3.82. The second-order valence-corrected chi connectivity index (χ2v) is 8.71. The van der Waals surface area contributed by atoms with Crippen molar-refractivity contribution in [2.24, 2.45) is 0 Å². The Kier molecular flexibility index (Phi) is 6.07. The molecule has 4 rings (SSSR count). The van der Waals surface area contributed by atoms with Crippen LogP contribution in [-0.4, -0.2) is 35.1 Å². The Morgan fingerprint density at radius 1 is 1.18 bits per heavy atom. The fourth-order valence-corrected chi connectivity index (χ4v) is 5.17. The van der Waals surface area contributed by atoms with Gasteiger partial charge in [-0.3, -0.25) is 10.1 Å². The first-order valence-corrected chi connectivity index (χ1v) is 11.4. The minimum atomic E-state index is -0.526. The number of allylic oxidation sites excluding steroid dienone is 1. The lowest BCUT2D eigenvalue weighted by Gasteiger charge is -2.36. The molecule has 1 N–H and O–H groups in total. The molecule has 0 aliphatic carbocycles. The summed E-state index contributed by atoms with van der Waals surface area (Å²) >= 11 is 1.41. The number of carbonyl (C=O) groups excluding carboxylic acids is 1. The van der Waals surface area contributed by atoms with E-state index < -0.39 is 11.5 Å². The predicted molar refractivity (Wildman–Crippen MR) is 128 cm³/mol. The molecule has 1 aromatic carbocycles. The van der Waals surface area contributed by atoms with Gasteiger partial charge in [-0.25, -0.2) is 15.0 Å². The molecule has 0 saturated carbocycles. The van der Waals surface area contributed by atoms with Gasteiger partial charge < -0.3 is 14.2 Å². The molecule has 1 amide bonds. The van der Waals surface area contributed by atoms with Crippen molar-refractivity contribution >= 4 is 27.9 Å². The summed E-state index contributed by atoms with van der Waals surface area (Å²) in [6, 6.07) is 6.01. The Morgan fingerprint density at radius 3 is 2.42 bits per heavy atom. The molecule has 2 aromatic heterocycles. The molecular formula is C24H26N4O4S. The van der Waals surface area contributed by atoms with Crippen LogP contribution in [0.2, 0.25) is 0 Å². The van der Waals surface area contributed by atoms with Crippen molar-refractivity contribution in [3.8, 4) is 28.8 Å². The Balaban J connectivity index is 1.78. The fraction of sp³-hybridized carbons (Fsp3) is 0.333. The average Bonchev–Trinajstić information content (AvgIpc) is 3.26. The van der Waals surface area contributed by atoms with Crippen LogP contribution >= 0.6 is 11.3 Å². The summed E-state index contributed by atoms with van der Waals surface area (Å²) in [6.07, 6.45) is 2.80. The molecule has 0 unspecified atom stereocenters. The van der Waals surface area contributed by atoms with Gasteiger partial charge in [-0.2, -0.15) is 0 Å². The highest BCUT2D eigenvalue weighted by Gasteiger charge is 2.41. The zero-order chi connectivity index (χ0) is 23.8. The molecule has 0 bridgehead atoms. The summed E-state index contributed by atoms with van der Waals surface area (Å²) < 4.78 is 17.0. The van der Waals surface area contributed by atoms with E-state index in [4.69, 9.17) is 19.2 Å². The second-order valence-electron chi connectivity index (χ2n) is 7.71. The van der Waals surface area contributed by atoms with E-state index in [2.05, 4.69) is 35.7 Å². The molecule has 1 aliphatic rings. The maximum Gasteiger partial charge on any atom is 0.268 e. The SMILES string of the molecule is C=C(C)c1ccc2c(c1)OC(CC)(CC)c1sc(NC(=O)c3c(OC)ncnc3OC)nc1-2. The minimum absolute atomic E-state index is 0.107. The van der Waals surface area contributed by atoms with E-state index in [1.54, 1.807) is 0 Å². The molecule has 3 aromatic rings. The van der Waals surface area contributed by atoms with Gasteiger partial charge in [0.1, 0.15) is 17.7 Å². The number of hydrogen-bond donors (Lipinski definition) is 1. The number of aromatic nitrogens is 3. The summed E-state index contributed by atoms with van der Waals surface area (Å²) in [4.78, 5) is 26.9. The Bertz CT molecular complexity index is 1210. The van der Waals surface area contributed by atoms with Gasteiger partial charge in [0.15, 0.2) is 10.7 Å². The maximum atomic E-state index is 13.1. The summed E-state index contributed by atoms with van der Waals surface area (Å²) in [6.45, 7) is 10.2. The van der Waals surface area contributed by atoms with Crippen molar-refractivity contribution in [3.63, 3.8) is 0 Å². The van der Waals surface area contributed by atoms with Crippen LogP contribution in [0.1, 0.15) is 54.4 Å². The quantitative estimate of drug-likeness (QED) is 0.504. The Morgan fingerprint density at radius 2 is 1.85 bits per heavy atom. The van der Waals surface area contributed by atoms with E-state index in [1.807, 2.05) is 25.1 Å². The highest BCUT2D eigenvalue weighted by atomic mass is 32.1. The summed E-state index contributed by atoms with van der Waals surface area (Å²) in [5.41, 5.74) is 3.27. The molecule has 1 aliphatic heterocycles. The first kappa shape index (κ1) is 22.7. The summed E-state index contributed by atoms with van der Waals surface area (Å²) in [5.74, 6) is 0.554. The smallest absolute Gasteiger partial charge is 0.268 e. The van der Waals surface area contributed by atoms with Gasteiger partial charge >= 0.3 is 0 Å². The number of nitrogens with zero attached hydrogens (tertiary/aromatic N) is 3. The fourth-order valence-electron chi connectivity index (χ4n) is 3.92. The van der Waals surface area contributed by atoms with Crippen LogP contribution in [-0.2, 0) is 5.60 Å². The van der Waals surface area contributed by atoms with Gasteiger partial charge in [0.2, 0.25) is 11.8 Å². The number of thiazole rings is 1.